The van der Waals surface area contributed by atoms with Gasteiger partial charge in [0.25, 0.3) is 11.8 Å². The molecule has 47 heavy (non-hydrogen) atoms. The van der Waals surface area contributed by atoms with Crippen LogP contribution < -0.4 is 16.0 Å². The van der Waals surface area contributed by atoms with Crippen LogP contribution in [-0.2, 0) is 15.8 Å². The second kappa shape index (κ2) is 14.7. The smallest absolute Gasteiger partial charge is 0.418 e. The predicted molar refractivity (Wildman–Crippen MR) is 177 cm³/mol. The average molecular weight is 656 g/mol. The second-order valence-electron chi connectivity index (χ2n) is 10.3. The van der Waals surface area contributed by atoms with Crippen LogP contribution in [0.25, 0.3) is 17.4 Å². The molecule has 0 unspecified atom stereocenters. The van der Waals surface area contributed by atoms with E-state index < -0.39 is 29.5 Å². The first-order valence-electron chi connectivity index (χ1n) is 14.3. The van der Waals surface area contributed by atoms with E-state index in [0.717, 1.165) is 29.0 Å². The zero-order valence-corrected chi connectivity index (χ0v) is 25.7. The molecular weight excluding hydrogens is 627 g/mol. The van der Waals surface area contributed by atoms with E-state index in [0.29, 0.717) is 27.7 Å². The summed E-state index contributed by atoms with van der Waals surface area (Å²) >= 11 is 1.12. The van der Waals surface area contributed by atoms with Crippen LogP contribution in [0.4, 0.5) is 24.5 Å². The molecule has 0 atom stereocenters. The van der Waals surface area contributed by atoms with Crippen molar-refractivity contribution >= 4 is 46.9 Å². The monoisotopic (exact) mass is 655 g/mol. The third-order valence-corrected chi connectivity index (χ3v) is 7.78. The number of hydrogen-bond donors (Lipinski definition) is 3. The molecule has 1 aromatic heterocycles. The number of halogens is 3. The van der Waals surface area contributed by atoms with Crippen LogP contribution in [-0.4, -0.2) is 23.5 Å². The summed E-state index contributed by atoms with van der Waals surface area (Å²) in [6.07, 6.45) is -3.16. The first-order chi connectivity index (χ1) is 22.5. The van der Waals surface area contributed by atoms with Crippen LogP contribution in [0.1, 0.15) is 27.2 Å². The van der Waals surface area contributed by atoms with Crippen molar-refractivity contribution in [3.05, 3.63) is 143 Å². The molecule has 0 aliphatic rings. The zero-order valence-electron chi connectivity index (χ0n) is 24.9. The Morgan fingerprint density at radius 3 is 2.17 bits per heavy atom. The van der Waals surface area contributed by atoms with E-state index in [1.165, 1.54) is 24.3 Å². The number of carbonyl (C=O) groups excluding carboxylic acids is 3. The number of thioether (sulfide) groups is 1. The van der Waals surface area contributed by atoms with Crippen molar-refractivity contribution in [1.29, 1.82) is 0 Å². The lowest BCUT2D eigenvalue weighted by Gasteiger charge is -2.13. The minimum atomic E-state index is -4.60. The van der Waals surface area contributed by atoms with Gasteiger partial charge in [-0.15, -0.1) is 11.8 Å². The molecule has 1 heterocycles. The highest BCUT2D eigenvalue weighted by atomic mass is 32.2. The SMILES string of the molecule is Cc1ccc(-c2ccc(C=C(NC(=O)c3ccccc3)C(=O)Nc3ccc(SCC(=O)Nc4ccccc4C(F)(F)F)cc3)o2)cc1. The molecule has 238 valence electrons. The normalized spacial score (nSPS) is 11.5. The van der Waals surface area contributed by atoms with Crippen LogP contribution >= 0.6 is 11.8 Å². The quantitative estimate of drug-likeness (QED) is 0.104. The number of alkyl halides is 3. The molecule has 7 nitrogen and oxygen atoms in total. The van der Waals surface area contributed by atoms with Gasteiger partial charge >= 0.3 is 6.18 Å². The number of aryl methyl sites for hydroxylation is 1. The molecule has 11 heteroatoms. The Bertz CT molecular complexity index is 1900. The Kier molecular flexibility index (Phi) is 10.3. The summed E-state index contributed by atoms with van der Waals surface area (Å²) in [5.41, 5.74) is 1.43. The predicted octanol–water partition coefficient (Wildman–Crippen LogP) is 8.41. The van der Waals surface area contributed by atoms with Crippen LogP contribution in [0.5, 0.6) is 0 Å². The number of amides is 3. The molecular formula is C36H28F3N3O4S. The Labute approximate surface area is 272 Å². The van der Waals surface area contributed by atoms with E-state index >= 15 is 0 Å². The number of rotatable bonds is 10. The van der Waals surface area contributed by atoms with Gasteiger partial charge in [-0.1, -0.05) is 60.2 Å². The molecule has 0 fully saturated rings. The van der Waals surface area contributed by atoms with E-state index in [9.17, 15) is 27.6 Å². The van der Waals surface area contributed by atoms with E-state index in [-0.39, 0.29) is 17.1 Å². The highest BCUT2D eigenvalue weighted by molar-refractivity contribution is 8.00. The summed E-state index contributed by atoms with van der Waals surface area (Å²) in [6.45, 7) is 1.98. The van der Waals surface area contributed by atoms with Gasteiger partial charge in [0.15, 0.2) is 0 Å². The highest BCUT2D eigenvalue weighted by Crippen LogP contribution is 2.34. The van der Waals surface area contributed by atoms with E-state index in [1.54, 1.807) is 66.7 Å². The average Bonchev–Trinajstić information content (AvgIpc) is 3.53. The molecule has 4 aromatic carbocycles. The lowest BCUT2D eigenvalue weighted by atomic mass is 10.1. The van der Waals surface area contributed by atoms with Crippen LogP contribution in [0.2, 0.25) is 0 Å². The molecule has 3 N–H and O–H groups in total. The number of anilines is 2. The van der Waals surface area contributed by atoms with Gasteiger partial charge in [0, 0.05) is 27.8 Å². The molecule has 5 rings (SSSR count). The number of para-hydroxylation sites is 1. The van der Waals surface area contributed by atoms with Gasteiger partial charge in [0.2, 0.25) is 5.91 Å². The minimum absolute atomic E-state index is 0.0575. The second-order valence-corrected chi connectivity index (χ2v) is 11.4. The fraction of sp³-hybridized carbons (Fsp3) is 0.0833. The third kappa shape index (κ3) is 9.01. The maximum Gasteiger partial charge on any atom is 0.418 e. The summed E-state index contributed by atoms with van der Waals surface area (Å²) in [4.78, 5) is 39.4. The van der Waals surface area contributed by atoms with Crippen molar-refractivity contribution in [1.82, 2.24) is 5.32 Å². The molecule has 5 aromatic rings. The minimum Gasteiger partial charge on any atom is -0.457 e. The summed E-state index contributed by atoms with van der Waals surface area (Å²) in [6, 6.07) is 31.0. The number of hydrogen-bond acceptors (Lipinski definition) is 5. The maximum absolute atomic E-state index is 13.4. The van der Waals surface area contributed by atoms with Crippen LogP contribution in [0.3, 0.4) is 0 Å². The fourth-order valence-corrected chi connectivity index (χ4v) is 5.09. The van der Waals surface area contributed by atoms with Crippen LogP contribution in [0, 0.1) is 6.92 Å². The first-order valence-corrected chi connectivity index (χ1v) is 15.3. The van der Waals surface area contributed by atoms with E-state index in [4.69, 9.17) is 4.42 Å². The molecule has 3 amide bonds. The van der Waals surface area contributed by atoms with Gasteiger partial charge in [-0.3, -0.25) is 14.4 Å². The van der Waals surface area contributed by atoms with Crippen molar-refractivity contribution in [3.8, 4) is 11.3 Å². The van der Waals surface area contributed by atoms with E-state index in [1.807, 2.05) is 31.2 Å². The van der Waals surface area contributed by atoms with Gasteiger partial charge in [-0.05, 0) is 67.6 Å². The molecule has 0 spiro atoms. The molecule has 0 saturated heterocycles. The largest absolute Gasteiger partial charge is 0.457 e. The van der Waals surface area contributed by atoms with Gasteiger partial charge in [-0.2, -0.15) is 13.2 Å². The lowest BCUT2D eigenvalue weighted by molar-refractivity contribution is -0.137. The first kappa shape index (κ1) is 32.8. The summed E-state index contributed by atoms with van der Waals surface area (Å²) in [5, 5.41) is 7.73. The maximum atomic E-state index is 13.4. The number of carbonyl (C=O) groups is 3. The summed E-state index contributed by atoms with van der Waals surface area (Å²) in [7, 11) is 0. The van der Waals surface area contributed by atoms with Crippen molar-refractivity contribution in [2.75, 3.05) is 16.4 Å². The Balaban J connectivity index is 1.26. The van der Waals surface area contributed by atoms with Crippen molar-refractivity contribution in [2.24, 2.45) is 0 Å². The zero-order chi connectivity index (χ0) is 33.4. The molecule has 0 aliphatic heterocycles. The summed E-state index contributed by atoms with van der Waals surface area (Å²) < 4.78 is 45.7. The number of furan rings is 1. The van der Waals surface area contributed by atoms with Crippen molar-refractivity contribution in [2.45, 2.75) is 18.0 Å². The number of nitrogens with one attached hydrogen (secondary N) is 3. The molecule has 0 saturated carbocycles. The Morgan fingerprint density at radius 2 is 1.47 bits per heavy atom. The molecule has 0 bridgehead atoms. The van der Waals surface area contributed by atoms with Gasteiger partial charge in [0.1, 0.15) is 17.2 Å². The van der Waals surface area contributed by atoms with Gasteiger partial charge < -0.3 is 20.4 Å². The topological polar surface area (TPSA) is 100 Å². The molecule has 0 radical (unpaired) electrons. The lowest BCUT2D eigenvalue weighted by Crippen LogP contribution is -2.30. The van der Waals surface area contributed by atoms with Crippen molar-refractivity contribution < 1.29 is 32.0 Å². The van der Waals surface area contributed by atoms with Gasteiger partial charge in [0.05, 0.1) is 17.0 Å². The fourth-order valence-electron chi connectivity index (χ4n) is 4.40. The van der Waals surface area contributed by atoms with Gasteiger partial charge in [-0.25, -0.2) is 0 Å². The summed E-state index contributed by atoms with van der Waals surface area (Å²) in [5.74, 6) is -0.884. The van der Waals surface area contributed by atoms with Crippen LogP contribution in [0.15, 0.2) is 130 Å². The molecule has 0 aliphatic carbocycles. The van der Waals surface area contributed by atoms with Crippen molar-refractivity contribution in [3.63, 3.8) is 0 Å². The Morgan fingerprint density at radius 1 is 0.787 bits per heavy atom. The highest BCUT2D eigenvalue weighted by Gasteiger charge is 2.33. The van der Waals surface area contributed by atoms with E-state index in [2.05, 4.69) is 16.0 Å². The standard InChI is InChI=1S/C36H28F3N3O4S/c1-23-11-13-24(14-12-23)32-20-17-27(46-32)21-31(42-34(44)25-7-3-2-4-8-25)35(45)40-26-15-18-28(19-16-26)47-22-33(43)41-30-10-6-5-9-29(30)36(37,38)39/h2-21H,22H2,1H3,(H,40,45)(H,41,43)(H,42,44). The Hall–Kier alpha value is -5.55. The third-order valence-electron chi connectivity index (χ3n) is 6.77. The number of benzene rings is 4.